The van der Waals surface area contributed by atoms with E-state index in [-0.39, 0.29) is 0 Å². The first-order valence-corrected chi connectivity index (χ1v) is 4.47. The van der Waals surface area contributed by atoms with Gasteiger partial charge >= 0.3 is 12.3 Å². The van der Waals surface area contributed by atoms with E-state index in [9.17, 15) is 13.2 Å². The SMILES string of the molecule is N#C[B-](C#N)(C#N)c1ccccc1C(F)(F)F. The van der Waals surface area contributed by atoms with Crippen molar-refractivity contribution in [3.8, 4) is 17.9 Å². The van der Waals surface area contributed by atoms with Crippen LogP contribution in [0.5, 0.6) is 0 Å². The maximum Gasteiger partial charge on any atom is 0.413 e. The Morgan fingerprint density at radius 3 is 1.82 bits per heavy atom. The molecule has 0 aromatic heterocycles. The number of halogens is 3. The molecule has 0 N–H and O–H groups in total. The van der Waals surface area contributed by atoms with Gasteiger partial charge in [0.05, 0.1) is 0 Å². The second-order valence-corrected chi connectivity index (χ2v) is 3.34. The zero-order chi connectivity index (χ0) is 13.1. The van der Waals surface area contributed by atoms with Crippen molar-refractivity contribution < 1.29 is 13.2 Å². The Labute approximate surface area is 95.2 Å². The molecule has 0 unspecified atom stereocenters. The van der Waals surface area contributed by atoms with Gasteiger partial charge in [0.2, 0.25) is 0 Å². The second kappa shape index (κ2) is 4.19. The van der Waals surface area contributed by atoms with Crippen molar-refractivity contribution in [2.75, 3.05) is 0 Å². The molecule has 17 heavy (non-hydrogen) atoms. The van der Waals surface area contributed by atoms with Gasteiger partial charge in [0, 0.05) is 5.56 Å². The van der Waals surface area contributed by atoms with Crippen LogP contribution in [-0.4, -0.2) is 6.15 Å². The molecule has 3 nitrogen and oxygen atoms in total. The average Bonchev–Trinajstić information content (AvgIpc) is 2.31. The Balaban J connectivity index is 3.61. The molecule has 1 aromatic rings. The zero-order valence-corrected chi connectivity index (χ0v) is 8.36. The van der Waals surface area contributed by atoms with Crippen LogP contribution in [0.25, 0.3) is 0 Å². The predicted octanol–water partition coefficient (Wildman–Crippen LogP) is 1.55. The van der Waals surface area contributed by atoms with Gasteiger partial charge < -0.3 is 0 Å². The summed E-state index contributed by atoms with van der Waals surface area (Å²) >= 11 is 0. The van der Waals surface area contributed by atoms with Gasteiger partial charge in [-0.3, -0.25) is 0 Å². The summed E-state index contributed by atoms with van der Waals surface area (Å²) in [5.41, 5.74) is -1.70. The highest BCUT2D eigenvalue weighted by Crippen LogP contribution is 2.28. The monoisotopic (exact) mass is 234 g/mol. The summed E-state index contributed by atoms with van der Waals surface area (Å²) in [6, 6.07) is 4.13. The molecule has 1 aromatic carbocycles. The number of nitrogens with zero attached hydrogens (tertiary/aromatic N) is 3. The van der Waals surface area contributed by atoms with Crippen LogP contribution in [0.15, 0.2) is 24.3 Å². The normalized spacial score (nSPS) is 11.1. The minimum absolute atomic E-state index is 0.576. The molecule has 0 aliphatic heterocycles. The summed E-state index contributed by atoms with van der Waals surface area (Å²) < 4.78 is 38.0. The third-order valence-electron chi connectivity index (χ3n) is 2.31. The number of alkyl halides is 3. The van der Waals surface area contributed by atoms with Gasteiger partial charge in [0.25, 0.3) is 0 Å². The van der Waals surface area contributed by atoms with E-state index in [1.54, 1.807) is 0 Å². The van der Waals surface area contributed by atoms with Crippen molar-refractivity contribution in [1.82, 2.24) is 0 Å². The maximum absolute atomic E-state index is 12.7. The highest BCUT2D eigenvalue weighted by molar-refractivity contribution is 7.09. The molecule has 0 saturated heterocycles. The van der Waals surface area contributed by atoms with E-state index in [4.69, 9.17) is 15.8 Å². The lowest BCUT2D eigenvalue weighted by atomic mass is 9.24. The van der Waals surface area contributed by atoms with Gasteiger partial charge in [0.1, 0.15) is 0 Å². The molecular weight excluding hydrogens is 230 g/mol. The Kier molecular flexibility index (Phi) is 3.11. The van der Waals surface area contributed by atoms with Crippen LogP contribution in [0.3, 0.4) is 0 Å². The molecule has 84 valence electrons. The lowest BCUT2D eigenvalue weighted by Crippen LogP contribution is -2.48. The minimum atomic E-state index is -4.70. The molecule has 0 atom stereocenters. The molecule has 0 aliphatic rings. The molecule has 0 saturated carbocycles. The van der Waals surface area contributed by atoms with Crippen molar-refractivity contribution in [2.24, 2.45) is 0 Å². The van der Waals surface area contributed by atoms with Crippen molar-refractivity contribution in [2.45, 2.75) is 6.18 Å². The van der Waals surface area contributed by atoms with Gasteiger partial charge in [-0.25, -0.2) is 15.8 Å². The number of hydrogen-bond donors (Lipinski definition) is 0. The van der Waals surface area contributed by atoms with E-state index in [0.29, 0.717) is 0 Å². The van der Waals surface area contributed by atoms with Crippen LogP contribution in [-0.2, 0) is 6.18 Å². The zero-order valence-electron chi connectivity index (χ0n) is 8.36. The summed E-state index contributed by atoms with van der Waals surface area (Å²) in [5.74, 6) is 4.15. The Morgan fingerprint density at radius 2 is 1.41 bits per heavy atom. The van der Waals surface area contributed by atoms with Crippen LogP contribution in [0, 0.1) is 33.7 Å². The van der Waals surface area contributed by atoms with Crippen LogP contribution < -0.4 is 5.46 Å². The first-order valence-electron chi connectivity index (χ1n) is 4.47. The quantitative estimate of drug-likeness (QED) is 0.692. The third-order valence-corrected chi connectivity index (χ3v) is 2.31. The van der Waals surface area contributed by atoms with E-state index in [2.05, 4.69) is 0 Å². The van der Waals surface area contributed by atoms with Crippen LogP contribution in [0.1, 0.15) is 5.56 Å². The van der Waals surface area contributed by atoms with Crippen LogP contribution in [0.4, 0.5) is 13.2 Å². The molecule has 0 radical (unpaired) electrons. The van der Waals surface area contributed by atoms with Crippen LogP contribution in [0.2, 0.25) is 0 Å². The number of hydrogen-bond acceptors (Lipinski definition) is 3. The van der Waals surface area contributed by atoms with E-state index in [0.717, 1.165) is 18.2 Å². The Morgan fingerprint density at radius 1 is 0.941 bits per heavy atom. The van der Waals surface area contributed by atoms with E-state index < -0.39 is 23.3 Å². The molecule has 0 aliphatic carbocycles. The summed E-state index contributed by atoms with van der Waals surface area (Å²) in [6.45, 7) is 0. The topological polar surface area (TPSA) is 71.4 Å². The molecule has 0 amide bonds. The third kappa shape index (κ3) is 2.07. The van der Waals surface area contributed by atoms with Crippen molar-refractivity contribution >= 4 is 11.6 Å². The Hall–Kier alpha value is -2.46. The van der Waals surface area contributed by atoms with Crippen LogP contribution >= 0.6 is 0 Å². The summed E-state index contributed by atoms with van der Waals surface area (Å²) in [4.78, 5) is 0. The summed E-state index contributed by atoms with van der Waals surface area (Å²) in [5, 5.41) is 26.4. The van der Waals surface area contributed by atoms with E-state index >= 15 is 0 Å². The lowest BCUT2D eigenvalue weighted by molar-refractivity contribution is -0.136. The summed E-state index contributed by atoms with van der Waals surface area (Å²) in [7, 11) is 0. The van der Waals surface area contributed by atoms with E-state index in [1.165, 1.54) is 24.0 Å². The van der Waals surface area contributed by atoms with Gasteiger partial charge in [0.15, 0.2) is 0 Å². The van der Waals surface area contributed by atoms with Gasteiger partial charge in [-0.05, 0) is 0 Å². The predicted molar refractivity (Wildman–Crippen MR) is 53.7 cm³/mol. The fraction of sp³-hybridized carbons (Fsp3) is 0.100. The first kappa shape index (κ1) is 12.6. The molecular formula is C10H4BF3N3-. The number of benzene rings is 1. The van der Waals surface area contributed by atoms with Crippen molar-refractivity contribution in [1.29, 1.82) is 15.8 Å². The van der Waals surface area contributed by atoms with Gasteiger partial charge in [-0.1, -0.05) is 24.3 Å². The fourth-order valence-electron chi connectivity index (χ4n) is 1.43. The lowest BCUT2D eigenvalue weighted by Gasteiger charge is -2.22. The molecule has 0 heterocycles. The van der Waals surface area contributed by atoms with Crippen molar-refractivity contribution in [3.63, 3.8) is 0 Å². The molecule has 7 heteroatoms. The minimum Gasteiger partial charge on any atom is -0.246 e. The molecule has 1 rings (SSSR count). The smallest absolute Gasteiger partial charge is 0.246 e. The largest absolute Gasteiger partial charge is 0.413 e. The second-order valence-electron chi connectivity index (χ2n) is 3.34. The summed E-state index contributed by atoms with van der Waals surface area (Å²) in [6.07, 6.45) is -7.86. The number of nitriles is 3. The average molecular weight is 234 g/mol. The Bertz CT molecular complexity index is 524. The highest BCUT2D eigenvalue weighted by atomic mass is 19.4. The van der Waals surface area contributed by atoms with Crippen molar-refractivity contribution in [3.05, 3.63) is 29.8 Å². The molecule has 0 bridgehead atoms. The fourth-order valence-corrected chi connectivity index (χ4v) is 1.43. The van der Waals surface area contributed by atoms with Gasteiger partial charge in [-0.2, -0.15) is 18.6 Å². The van der Waals surface area contributed by atoms with E-state index in [1.807, 2.05) is 0 Å². The molecule has 0 spiro atoms. The molecule has 0 fully saturated rings. The maximum atomic E-state index is 12.7. The number of rotatable bonds is 1. The van der Waals surface area contributed by atoms with Gasteiger partial charge in [-0.15, -0.1) is 17.9 Å². The highest BCUT2D eigenvalue weighted by Gasteiger charge is 2.38. The standard InChI is InChI=1S/C10H4BF3N3/c12-10(13,14)8-3-1-2-4-9(8)11(5-15,6-16)7-17/h1-4H/q-1. The first-order chi connectivity index (χ1) is 7.91.